The van der Waals surface area contributed by atoms with Crippen molar-refractivity contribution in [2.75, 3.05) is 5.43 Å². The number of amides is 1. The molecule has 20 heavy (non-hydrogen) atoms. The quantitative estimate of drug-likeness (QED) is 0.339. The molecule has 1 aromatic carbocycles. The van der Waals surface area contributed by atoms with Gasteiger partial charge in [-0.2, -0.15) is 5.10 Å². The van der Waals surface area contributed by atoms with Crippen LogP contribution in [-0.2, 0) is 6.54 Å². The number of hydrogen-bond donors (Lipinski definition) is 4. The summed E-state index contributed by atoms with van der Waals surface area (Å²) in [4.78, 5) is 26.1. The summed E-state index contributed by atoms with van der Waals surface area (Å²) in [6, 6.07) is 4.09. The summed E-state index contributed by atoms with van der Waals surface area (Å²) in [5.74, 6) is 5.20. The summed E-state index contributed by atoms with van der Waals surface area (Å²) >= 11 is 0. The smallest absolute Gasteiger partial charge is 0.294 e. The zero-order valence-electron chi connectivity index (χ0n) is 10.2. The van der Waals surface area contributed by atoms with E-state index < -0.39 is 10.8 Å². The number of aromatic nitrogens is 3. The van der Waals surface area contributed by atoms with Crippen LogP contribution in [0.4, 0.5) is 11.4 Å². The zero-order valence-corrected chi connectivity index (χ0v) is 10.2. The number of nitro groups is 1. The minimum absolute atomic E-state index is 0.0485. The molecule has 0 aliphatic carbocycles. The van der Waals surface area contributed by atoms with Crippen molar-refractivity contribution in [2.45, 2.75) is 6.54 Å². The molecule has 2 rings (SSSR count). The Hall–Kier alpha value is -3.01. The fraction of sp³-hybridized carbons (Fsp3) is 0.100. The molecule has 10 nitrogen and oxygen atoms in total. The molecule has 0 unspecified atom stereocenters. The van der Waals surface area contributed by atoms with Crippen LogP contribution in [-0.4, -0.2) is 26.0 Å². The monoisotopic (exact) mass is 277 g/mol. The lowest BCUT2D eigenvalue weighted by atomic mass is 10.1. The van der Waals surface area contributed by atoms with E-state index in [9.17, 15) is 14.9 Å². The first kappa shape index (κ1) is 13.4. The van der Waals surface area contributed by atoms with Crippen molar-refractivity contribution in [1.82, 2.24) is 20.5 Å². The number of aromatic amines is 1. The third-order valence-corrected chi connectivity index (χ3v) is 2.51. The van der Waals surface area contributed by atoms with Crippen molar-refractivity contribution >= 4 is 17.3 Å². The number of carbonyl (C=O) groups excluding carboxylic acids is 1. The number of para-hydroxylation sites is 1. The van der Waals surface area contributed by atoms with Gasteiger partial charge in [-0.1, -0.05) is 6.07 Å². The maximum absolute atomic E-state index is 12.0. The number of nitrogens with one attached hydrogen (secondary N) is 3. The maximum atomic E-state index is 12.0. The first-order valence-corrected chi connectivity index (χ1v) is 5.50. The van der Waals surface area contributed by atoms with E-state index in [4.69, 9.17) is 5.84 Å². The van der Waals surface area contributed by atoms with Gasteiger partial charge in [-0.25, -0.2) is 4.98 Å². The molecule has 0 bridgehead atoms. The van der Waals surface area contributed by atoms with Crippen molar-refractivity contribution < 1.29 is 9.72 Å². The SMILES string of the molecule is NNc1c(C(=O)NCc2ncn[nH]2)cccc1[N+](=O)[O-]. The second kappa shape index (κ2) is 5.75. The second-order valence-electron chi connectivity index (χ2n) is 3.72. The average molecular weight is 277 g/mol. The Kier molecular flexibility index (Phi) is 3.86. The molecule has 0 saturated heterocycles. The molecular formula is C10H11N7O3. The fourth-order valence-corrected chi connectivity index (χ4v) is 1.61. The predicted octanol–water partition coefficient (Wildman–Crippen LogP) is -0.0715. The van der Waals surface area contributed by atoms with Gasteiger partial charge in [0.2, 0.25) is 0 Å². The summed E-state index contributed by atoms with van der Waals surface area (Å²) in [6.07, 6.45) is 1.31. The van der Waals surface area contributed by atoms with E-state index in [0.29, 0.717) is 5.82 Å². The molecule has 104 valence electrons. The summed E-state index contributed by atoms with van der Waals surface area (Å²) in [5.41, 5.74) is 1.93. The number of H-pyrrole nitrogens is 1. The summed E-state index contributed by atoms with van der Waals surface area (Å²) in [5, 5.41) is 19.6. The molecular weight excluding hydrogens is 266 g/mol. The van der Waals surface area contributed by atoms with Crippen molar-refractivity contribution in [3.8, 4) is 0 Å². The first-order valence-electron chi connectivity index (χ1n) is 5.50. The lowest BCUT2D eigenvalue weighted by Gasteiger charge is -2.09. The molecule has 0 spiro atoms. The molecule has 2 aromatic rings. The van der Waals surface area contributed by atoms with Crippen LogP contribution in [0.3, 0.4) is 0 Å². The molecule has 1 amide bonds. The fourth-order valence-electron chi connectivity index (χ4n) is 1.61. The molecule has 0 radical (unpaired) electrons. The lowest BCUT2D eigenvalue weighted by molar-refractivity contribution is -0.384. The van der Waals surface area contributed by atoms with Crippen molar-refractivity contribution in [3.63, 3.8) is 0 Å². The predicted molar refractivity (Wildman–Crippen MR) is 68.5 cm³/mol. The van der Waals surface area contributed by atoms with Crippen LogP contribution >= 0.6 is 0 Å². The number of nitrogens with two attached hydrogens (primary N) is 1. The van der Waals surface area contributed by atoms with E-state index >= 15 is 0 Å². The highest BCUT2D eigenvalue weighted by Crippen LogP contribution is 2.27. The third kappa shape index (κ3) is 2.70. The van der Waals surface area contributed by atoms with Crippen LogP contribution in [0.2, 0.25) is 0 Å². The van der Waals surface area contributed by atoms with Crippen LogP contribution in [0.15, 0.2) is 24.5 Å². The van der Waals surface area contributed by atoms with Gasteiger partial charge >= 0.3 is 0 Å². The number of carbonyl (C=O) groups is 1. The Bertz CT molecular complexity index is 626. The number of rotatable bonds is 5. The van der Waals surface area contributed by atoms with Crippen LogP contribution in [0.25, 0.3) is 0 Å². The molecule has 0 aliphatic rings. The Labute approximate surface area is 112 Å². The van der Waals surface area contributed by atoms with E-state index in [1.165, 1.54) is 24.5 Å². The number of nitrogen functional groups attached to an aromatic ring is 1. The van der Waals surface area contributed by atoms with Gasteiger partial charge in [-0.05, 0) is 6.07 Å². The maximum Gasteiger partial charge on any atom is 0.294 e. The number of nitro benzene ring substituents is 1. The molecule has 1 aromatic heterocycles. The Balaban J connectivity index is 2.21. The molecule has 0 atom stereocenters. The number of anilines is 1. The number of benzene rings is 1. The van der Waals surface area contributed by atoms with Gasteiger partial charge in [0.05, 0.1) is 17.0 Å². The minimum atomic E-state index is -0.623. The Morgan fingerprint density at radius 1 is 1.50 bits per heavy atom. The average Bonchev–Trinajstić information content (AvgIpc) is 2.97. The van der Waals surface area contributed by atoms with Gasteiger partial charge in [0, 0.05) is 6.07 Å². The van der Waals surface area contributed by atoms with Crippen LogP contribution in [0.1, 0.15) is 16.2 Å². The lowest BCUT2D eigenvalue weighted by Crippen LogP contribution is -2.25. The van der Waals surface area contributed by atoms with Gasteiger partial charge in [0.1, 0.15) is 17.8 Å². The van der Waals surface area contributed by atoms with E-state index in [1.54, 1.807) is 0 Å². The largest absolute Gasteiger partial charge is 0.345 e. The molecule has 1 heterocycles. The number of hydrazine groups is 1. The standard InChI is InChI=1S/C10H11N7O3/c11-15-9-6(2-1-3-7(9)17(19)20)10(18)12-4-8-13-5-14-16-8/h1-3,5,15H,4,11H2,(H,12,18)(H,13,14,16). The van der Waals surface area contributed by atoms with Gasteiger partial charge in [0.15, 0.2) is 0 Å². The van der Waals surface area contributed by atoms with Gasteiger partial charge in [-0.3, -0.25) is 25.9 Å². The topological polar surface area (TPSA) is 152 Å². The van der Waals surface area contributed by atoms with Crippen molar-refractivity contribution in [2.24, 2.45) is 5.84 Å². The highest BCUT2D eigenvalue weighted by Gasteiger charge is 2.20. The normalized spacial score (nSPS) is 10.1. The highest BCUT2D eigenvalue weighted by molar-refractivity contribution is 6.01. The molecule has 0 saturated carbocycles. The van der Waals surface area contributed by atoms with Gasteiger partial charge in [0.25, 0.3) is 11.6 Å². The Morgan fingerprint density at radius 3 is 2.90 bits per heavy atom. The first-order chi connectivity index (χ1) is 9.63. The van der Waals surface area contributed by atoms with Crippen LogP contribution in [0.5, 0.6) is 0 Å². The molecule has 10 heteroatoms. The van der Waals surface area contributed by atoms with E-state index in [1.807, 2.05) is 0 Å². The van der Waals surface area contributed by atoms with Gasteiger partial charge in [-0.15, -0.1) is 0 Å². The van der Waals surface area contributed by atoms with E-state index in [2.05, 4.69) is 25.9 Å². The van der Waals surface area contributed by atoms with Crippen LogP contribution in [0, 0.1) is 10.1 Å². The van der Waals surface area contributed by atoms with E-state index in [0.717, 1.165) is 0 Å². The third-order valence-electron chi connectivity index (χ3n) is 2.51. The Morgan fingerprint density at radius 2 is 2.30 bits per heavy atom. The molecule has 0 fully saturated rings. The van der Waals surface area contributed by atoms with E-state index in [-0.39, 0.29) is 23.5 Å². The highest BCUT2D eigenvalue weighted by atomic mass is 16.6. The zero-order chi connectivity index (χ0) is 14.5. The summed E-state index contributed by atoms with van der Waals surface area (Å²) < 4.78 is 0. The van der Waals surface area contributed by atoms with Crippen molar-refractivity contribution in [3.05, 3.63) is 46.0 Å². The second-order valence-corrected chi connectivity index (χ2v) is 3.72. The summed E-state index contributed by atoms with van der Waals surface area (Å²) in [6.45, 7) is 0.117. The van der Waals surface area contributed by atoms with Crippen molar-refractivity contribution in [1.29, 1.82) is 0 Å². The molecule has 5 N–H and O–H groups in total. The number of nitrogens with zero attached hydrogens (tertiary/aromatic N) is 3. The summed E-state index contributed by atoms with van der Waals surface area (Å²) in [7, 11) is 0. The van der Waals surface area contributed by atoms with Gasteiger partial charge < -0.3 is 10.7 Å². The number of hydrogen-bond acceptors (Lipinski definition) is 7. The van der Waals surface area contributed by atoms with Crippen LogP contribution < -0.4 is 16.6 Å². The minimum Gasteiger partial charge on any atom is -0.345 e. The molecule has 0 aliphatic heterocycles.